The van der Waals surface area contributed by atoms with Gasteiger partial charge in [-0.3, -0.25) is 4.79 Å². The number of hydrogen-bond acceptors (Lipinski definition) is 5. The first-order valence-corrected chi connectivity index (χ1v) is 11.5. The van der Waals surface area contributed by atoms with Gasteiger partial charge in [-0.05, 0) is 48.4 Å². The molecular weight excluding hydrogens is 428 g/mol. The molecule has 0 saturated carbocycles. The number of amides is 1. The summed E-state index contributed by atoms with van der Waals surface area (Å²) in [6, 6.07) is 9.76. The fraction of sp³-hybridized carbons (Fsp3) is 0.381. The Hall–Kier alpha value is -2.29. The van der Waals surface area contributed by atoms with Crippen LogP contribution in [0.25, 0.3) is 0 Å². The van der Waals surface area contributed by atoms with Crippen LogP contribution in [0.1, 0.15) is 19.4 Å². The minimum Gasteiger partial charge on any atom is -0.495 e. The highest BCUT2D eigenvalue weighted by molar-refractivity contribution is 7.89. The van der Waals surface area contributed by atoms with Crippen LogP contribution >= 0.6 is 11.6 Å². The van der Waals surface area contributed by atoms with E-state index < -0.39 is 15.9 Å². The third-order valence-electron chi connectivity index (χ3n) is 5.07. The molecule has 30 heavy (non-hydrogen) atoms. The molecule has 1 aliphatic rings. The van der Waals surface area contributed by atoms with Gasteiger partial charge in [0.2, 0.25) is 15.9 Å². The van der Waals surface area contributed by atoms with Crippen molar-refractivity contribution in [2.45, 2.75) is 25.2 Å². The van der Waals surface area contributed by atoms with E-state index >= 15 is 0 Å². The van der Waals surface area contributed by atoms with Crippen LogP contribution in [-0.2, 0) is 21.2 Å². The fourth-order valence-electron chi connectivity index (χ4n) is 3.42. The van der Waals surface area contributed by atoms with Crippen molar-refractivity contribution in [1.29, 1.82) is 0 Å². The molecule has 1 atom stereocenters. The quantitative estimate of drug-likeness (QED) is 0.694. The molecule has 0 fully saturated rings. The lowest BCUT2D eigenvalue weighted by Gasteiger charge is -2.25. The Bertz CT molecular complexity index is 1040. The first-order valence-electron chi connectivity index (χ1n) is 9.70. The first-order chi connectivity index (χ1) is 14.3. The van der Waals surface area contributed by atoms with Gasteiger partial charge < -0.3 is 14.8 Å². The molecule has 1 amide bonds. The molecule has 1 aliphatic heterocycles. The summed E-state index contributed by atoms with van der Waals surface area (Å²) < 4.78 is 38.0. The number of ether oxygens (including phenoxy) is 2. The topological polar surface area (TPSA) is 84.9 Å². The summed E-state index contributed by atoms with van der Waals surface area (Å²) in [6.45, 7) is 4.49. The summed E-state index contributed by atoms with van der Waals surface area (Å²) >= 11 is 6.05. The van der Waals surface area contributed by atoms with Crippen molar-refractivity contribution in [2.24, 2.45) is 5.92 Å². The molecule has 0 radical (unpaired) electrons. The number of carbonyl (C=O) groups excluding carboxylic acids is 1. The van der Waals surface area contributed by atoms with Crippen LogP contribution in [0.2, 0.25) is 5.02 Å². The van der Waals surface area contributed by atoms with E-state index in [1.165, 1.54) is 23.5 Å². The van der Waals surface area contributed by atoms with Gasteiger partial charge in [0.05, 0.1) is 23.6 Å². The average molecular weight is 453 g/mol. The Morgan fingerprint density at radius 1 is 1.23 bits per heavy atom. The monoisotopic (exact) mass is 452 g/mol. The first kappa shape index (κ1) is 22.4. The zero-order valence-electron chi connectivity index (χ0n) is 17.1. The predicted molar refractivity (Wildman–Crippen MR) is 116 cm³/mol. The van der Waals surface area contributed by atoms with Crippen molar-refractivity contribution >= 4 is 33.2 Å². The molecule has 0 aromatic heterocycles. The molecular formula is C21H25ClN2O5S. The van der Waals surface area contributed by atoms with Crippen molar-refractivity contribution in [1.82, 2.24) is 4.31 Å². The van der Waals surface area contributed by atoms with E-state index in [1.54, 1.807) is 38.1 Å². The number of halogens is 1. The fourth-order valence-corrected chi connectivity index (χ4v) is 5.10. The average Bonchev–Trinajstić information content (AvgIpc) is 2.73. The number of fused-ring (bicyclic) bond motifs is 1. The molecule has 2 aromatic rings. The van der Waals surface area contributed by atoms with Gasteiger partial charge in [-0.15, -0.1) is 0 Å². The molecule has 0 bridgehead atoms. The zero-order valence-corrected chi connectivity index (χ0v) is 18.7. The van der Waals surface area contributed by atoms with E-state index in [1.807, 2.05) is 0 Å². The second-order valence-electron chi connectivity index (χ2n) is 6.90. The summed E-state index contributed by atoms with van der Waals surface area (Å²) in [5.74, 6) is 0.371. The van der Waals surface area contributed by atoms with E-state index in [9.17, 15) is 13.2 Å². The highest BCUT2D eigenvalue weighted by Gasteiger charge is 2.28. The second-order valence-corrected chi connectivity index (χ2v) is 9.28. The minimum absolute atomic E-state index is 0.0966. The normalized spacial score (nSPS) is 16.0. The van der Waals surface area contributed by atoms with Crippen LogP contribution in [0.3, 0.4) is 0 Å². The molecule has 1 N–H and O–H groups in total. The summed E-state index contributed by atoms with van der Waals surface area (Å²) in [5, 5.41) is 3.38. The van der Waals surface area contributed by atoms with Crippen LogP contribution in [0, 0.1) is 5.92 Å². The molecule has 0 aliphatic carbocycles. The lowest BCUT2D eigenvalue weighted by molar-refractivity contribution is -0.121. The van der Waals surface area contributed by atoms with Crippen LogP contribution in [-0.4, -0.2) is 45.4 Å². The van der Waals surface area contributed by atoms with Crippen molar-refractivity contribution in [2.75, 3.05) is 32.1 Å². The Morgan fingerprint density at radius 2 is 1.97 bits per heavy atom. The van der Waals surface area contributed by atoms with Crippen LogP contribution in [0.15, 0.2) is 41.3 Å². The van der Waals surface area contributed by atoms with Crippen molar-refractivity contribution in [3.8, 4) is 11.5 Å². The Kier molecular flexibility index (Phi) is 6.90. The van der Waals surface area contributed by atoms with Gasteiger partial charge in [0.25, 0.3) is 0 Å². The van der Waals surface area contributed by atoms with Crippen LogP contribution < -0.4 is 14.8 Å². The molecule has 3 rings (SSSR count). The van der Waals surface area contributed by atoms with E-state index in [0.29, 0.717) is 41.7 Å². The predicted octanol–water partition coefficient (Wildman–Crippen LogP) is 3.57. The molecule has 1 unspecified atom stereocenters. The third-order valence-corrected chi connectivity index (χ3v) is 7.35. The lowest BCUT2D eigenvalue weighted by Crippen LogP contribution is -2.33. The van der Waals surface area contributed by atoms with Gasteiger partial charge in [-0.1, -0.05) is 25.4 Å². The number of benzene rings is 2. The van der Waals surface area contributed by atoms with E-state index in [2.05, 4.69) is 5.32 Å². The van der Waals surface area contributed by atoms with Gasteiger partial charge in [0.15, 0.2) is 0 Å². The highest BCUT2D eigenvalue weighted by atomic mass is 35.5. The van der Waals surface area contributed by atoms with E-state index in [4.69, 9.17) is 21.1 Å². The standard InChI is InChI=1S/C21H25ClN2O5S/c1-4-24(5-2)30(26,27)17-7-9-20(28-3)18(12-17)23-21(25)15-10-14-11-16(22)6-8-19(14)29-13-15/h6-9,11-12,15H,4-5,10,13H2,1-3H3,(H,23,25). The molecule has 1 heterocycles. The Labute approximate surface area is 182 Å². The molecule has 0 saturated heterocycles. The summed E-state index contributed by atoms with van der Waals surface area (Å²) in [4.78, 5) is 13.0. The number of anilines is 1. The van der Waals surface area contributed by atoms with Crippen LogP contribution in [0.4, 0.5) is 5.69 Å². The third kappa shape index (κ3) is 4.55. The molecule has 2 aromatic carbocycles. The number of sulfonamides is 1. The summed E-state index contributed by atoms with van der Waals surface area (Å²) in [6.07, 6.45) is 0.474. The number of hydrogen-bond donors (Lipinski definition) is 1. The maximum atomic E-state index is 12.9. The Balaban J connectivity index is 1.84. The van der Waals surface area contributed by atoms with Gasteiger partial charge in [0, 0.05) is 18.1 Å². The van der Waals surface area contributed by atoms with Gasteiger partial charge in [0.1, 0.15) is 18.1 Å². The number of nitrogens with zero attached hydrogens (tertiary/aromatic N) is 1. The SMILES string of the molecule is CCN(CC)S(=O)(=O)c1ccc(OC)c(NC(=O)C2COc3ccc(Cl)cc3C2)c1. The molecule has 7 nitrogen and oxygen atoms in total. The van der Waals surface area contributed by atoms with E-state index in [0.717, 1.165) is 5.56 Å². The minimum atomic E-state index is -3.67. The number of methoxy groups -OCH3 is 1. The van der Waals surface area contributed by atoms with E-state index in [-0.39, 0.29) is 17.4 Å². The summed E-state index contributed by atoms with van der Waals surface area (Å²) in [5.41, 5.74) is 1.16. The second kappa shape index (κ2) is 9.24. The van der Waals surface area contributed by atoms with Gasteiger partial charge in [-0.25, -0.2) is 8.42 Å². The maximum Gasteiger partial charge on any atom is 0.243 e. The maximum absolute atomic E-state index is 12.9. The molecule has 162 valence electrons. The number of nitrogens with one attached hydrogen (secondary N) is 1. The van der Waals surface area contributed by atoms with Crippen molar-refractivity contribution < 1.29 is 22.7 Å². The van der Waals surface area contributed by atoms with Gasteiger partial charge in [-0.2, -0.15) is 4.31 Å². The van der Waals surface area contributed by atoms with Crippen LogP contribution in [0.5, 0.6) is 11.5 Å². The smallest absolute Gasteiger partial charge is 0.243 e. The van der Waals surface area contributed by atoms with Crippen molar-refractivity contribution in [3.63, 3.8) is 0 Å². The molecule has 9 heteroatoms. The number of rotatable bonds is 7. The Morgan fingerprint density at radius 3 is 2.63 bits per heavy atom. The highest BCUT2D eigenvalue weighted by Crippen LogP contribution is 2.32. The number of carbonyl (C=O) groups is 1. The summed E-state index contributed by atoms with van der Waals surface area (Å²) in [7, 11) is -2.20. The largest absolute Gasteiger partial charge is 0.495 e. The lowest BCUT2D eigenvalue weighted by atomic mass is 9.96. The zero-order chi connectivity index (χ0) is 21.9. The van der Waals surface area contributed by atoms with Crippen molar-refractivity contribution in [3.05, 3.63) is 47.0 Å². The molecule has 0 spiro atoms. The van der Waals surface area contributed by atoms with Gasteiger partial charge >= 0.3 is 0 Å².